The third-order valence-corrected chi connectivity index (χ3v) is 15.3. The molecular weight excluding hydrogens is 641 g/mol. The van der Waals surface area contributed by atoms with E-state index in [2.05, 4.69) is 100.0 Å². The van der Waals surface area contributed by atoms with E-state index >= 15 is 0 Å². The summed E-state index contributed by atoms with van der Waals surface area (Å²) in [6.45, 7) is -0.526. The highest BCUT2D eigenvalue weighted by Gasteiger charge is 2.47. The minimum atomic E-state index is -3.32. The third-order valence-electron chi connectivity index (χ3n) is 10.5. The SMILES string of the molecule is [2H]C([2H])([2H])C1(C)c2ccccc2Oc2c1cccc2[Si](c1ccccc1)(c1ccccc1)c1ccnc(-n2c3ccccc3n3c4ccccc4nc23)c1. The molecule has 4 heterocycles. The topological polar surface area (TPSA) is 44.4 Å². The minimum Gasteiger partial charge on any atom is -0.457 e. The maximum absolute atomic E-state index is 8.95. The van der Waals surface area contributed by atoms with Gasteiger partial charge in [0.25, 0.3) is 0 Å². The third kappa shape index (κ3) is 4.20. The lowest BCUT2D eigenvalue weighted by Gasteiger charge is -2.40. The molecule has 0 fully saturated rings. The standard InChI is InChI=1S/C45H34N4OSi/c1-45(2)34-20-9-14-26-40(34)50-43-35(45)21-15-27-41(43)51(31-16-5-3-6-17-31,32-18-7-4-8-19-32)33-28-29-46-42(30-33)49-39-25-13-12-24-38(39)48-37-23-11-10-22-36(37)47-44(48)49/h3-30H,1-2H3/i1D3. The number of ether oxygens (including phenoxy) is 1. The molecule has 1 aliphatic heterocycles. The van der Waals surface area contributed by atoms with E-state index in [0.29, 0.717) is 22.6 Å². The zero-order valence-corrected chi connectivity index (χ0v) is 28.9. The predicted octanol–water partition coefficient (Wildman–Crippen LogP) is 7.64. The number of hydrogen-bond donors (Lipinski definition) is 0. The van der Waals surface area contributed by atoms with E-state index in [0.717, 1.165) is 54.4 Å². The van der Waals surface area contributed by atoms with E-state index in [1.165, 1.54) is 0 Å². The van der Waals surface area contributed by atoms with Crippen molar-refractivity contribution in [3.05, 3.63) is 181 Å². The van der Waals surface area contributed by atoms with Crippen LogP contribution in [0.1, 0.15) is 29.0 Å². The van der Waals surface area contributed by atoms with Gasteiger partial charge in [0.1, 0.15) is 17.3 Å². The van der Waals surface area contributed by atoms with Crippen molar-refractivity contribution in [2.75, 3.05) is 0 Å². The van der Waals surface area contributed by atoms with E-state index in [1.807, 2.05) is 85.9 Å². The van der Waals surface area contributed by atoms with Crippen LogP contribution in [0.15, 0.2) is 170 Å². The largest absolute Gasteiger partial charge is 0.457 e. The van der Waals surface area contributed by atoms with E-state index in [-0.39, 0.29) is 0 Å². The molecule has 6 aromatic carbocycles. The summed E-state index contributed by atoms with van der Waals surface area (Å²) >= 11 is 0. The molecule has 1 unspecified atom stereocenters. The number of pyridine rings is 1. The van der Waals surface area contributed by atoms with Gasteiger partial charge in [0.05, 0.1) is 22.1 Å². The Hall–Kier alpha value is -6.24. The van der Waals surface area contributed by atoms with Gasteiger partial charge in [0, 0.05) is 26.9 Å². The fourth-order valence-electron chi connectivity index (χ4n) is 8.25. The van der Waals surface area contributed by atoms with Gasteiger partial charge in [-0.3, -0.25) is 8.97 Å². The van der Waals surface area contributed by atoms with Crippen molar-refractivity contribution in [3.8, 4) is 17.3 Å². The van der Waals surface area contributed by atoms with Crippen LogP contribution in [0.5, 0.6) is 11.5 Å². The Balaban J connectivity index is 1.32. The number of imidazole rings is 2. The molecule has 10 rings (SSSR count). The zero-order valence-electron chi connectivity index (χ0n) is 30.9. The maximum atomic E-state index is 8.95. The first kappa shape index (κ1) is 26.6. The number of fused-ring (bicyclic) bond motifs is 7. The van der Waals surface area contributed by atoms with Crippen LogP contribution in [-0.2, 0) is 5.41 Å². The molecule has 1 aliphatic rings. The number of nitrogens with zero attached hydrogens (tertiary/aromatic N) is 4. The number of rotatable bonds is 5. The first-order valence-electron chi connectivity index (χ1n) is 18.7. The molecule has 6 heteroatoms. The zero-order chi connectivity index (χ0) is 36.7. The summed E-state index contributed by atoms with van der Waals surface area (Å²) in [7, 11) is -3.32. The summed E-state index contributed by atoms with van der Waals surface area (Å²) in [6, 6.07) is 55.7. The number of para-hydroxylation sites is 6. The average molecular weight is 678 g/mol. The first-order valence-corrected chi connectivity index (χ1v) is 19.2. The van der Waals surface area contributed by atoms with Gasteiger partial charge in [-0.2, -0.15) is 0 Å². The van der Waals surface area contributed by atoms with Gasteiger partial charge in [-0.05, 0) is 63.2 Å². The van der Waals surface area contributed by atoms with Crippen molar-refractivity contribution in [1.29, 1.82) is 0 Å². The van der Waals surface area contributed by atoms with E-state index in [1.54, 1.807) is 0 Å². The summed E-state index contributed by atoms with van der Waals surface area (Å²) in [5.74, 6) is 2.67. The molecule has 1 atom stereocenters. The van der Waals surface area contributed by atoms with Gasteiger partial charge in [-0.1, -0.05) is 135 Å². The van der Waals surface area contributed by atoms with Crippen LogP contribution in [0.3, 0.4) is 0 Å². The van der Waals surface area contributed by atoms with Crippen LogP contribution in [-0.4, -0.2) is 27.0 Å². The molecule has 0 spiro atoms. The van der Waals surface area contributed by atoms with Gasteiger partial charge in [0.15, 0.2) is 8.07 Å². The van der Waals surface area contributed by atoms with Crippen LogP contribution in [0.4, 0.5) is 0 Å². The fourth-order valence-corrected chi connectivity index (χ4v) is 13.1. The fraction of sp³-hybridized carbons (Fsp3) is 0.0667. The Morgan fingerprint density at radius 2 is 1.27 bits per heavy atom. The van der Waals surface area contributed by atoms with Crippen LogP contribution in [0.25, 0.3) is 33.7 Å². The smallest absolute Gasteiger partial charge is 0.221 e. The Kier molecular flexibility index (Phi) is 5.81. The highest BCUT2D eigenvalue weighted by Crippen LogP contribution is 2.47. The van der Waals surface area contributed by atoms with Crippen LogP contribution in [0, 0.1) is 0 Å². The second-order valence-corrected chi connectivity index (χ2v) is 17.1. The van der Waals surface area contributed by atoms with Crippen molar-refractivity contribution in [3.63, 3.8) is 0 Å². The number of aromatic nitrogens is 4. The lowest BCUT2D eigenvalue weighted by molar-refractivity contribution is 0.421. The Bertz CT molecular complexity index is 2850. The minimum absolute atomic E-state index is 0.558. The van der Waals surface area contributed by atoms with Crippen molar-refractivity contribution >= 4 is 56.7 Å². The van der Waals surface area contributed by atoms with Crippen molar-refractivity contribution in [1.82, 2.24) is 18.9 Å². The highest BCUT2D eigenvalue weighted by molar-refractivity contribution is 7.20. The van der Waals surface area contributed by atoms with Crippen molar-refractivity contribution < 1.29 is 8.85 Å². The van der Waals surface area contributed by atoms with Gasteiger partial charge < -0.3 is 4.74 Å². The summed E-state index contributed by atoms with van der Waals surface area (Å²) in [5.41, 5.74) is 3.96. The van der Waals surface area contributed by atoms with Crippen LogP contribution >= 0.6 is 0 Å². The molecule has 244 valence electrons. The normalized spacial score (nSPS) is 16.6. The van der Waals surface area contributed by atoms with Gasteiger partial charge >= 0.3 is 0 Å². The van der Waals surface area contributed by atoms with E-state index in [9.17, 15) is 0 Å². The lowest BCUT2D eigenvalue weighted by atomic mass is 9.76. The molecule has 0 amide bonds. The second-order valence-electron chi connectivity index (χ2n) is 13.4. The van der Waals surface area contributed by atoms with Crippen LogP contribution < -0.4 is 25.5 Å². The maximum Gasteiger partial charge on any atom is 0.221 e. The molecule has 9 aromatic rings. The highest BCUT2D eigenvalue weighted by atomic mass is 28.3. The Morgan fingerprint density at radius 1 is 0.627 bits per heavy atom. The monoisotopic (exact) mass is 677 g/mol. The van der Waals surface area contributed by atoms with Crippen LogP contribution in [0.2, 0.25) is 0 Å². The molecule has 0 aliphatic carbocycles. The van der Waals surface area contributed by atoms with Crippen molar-refractivity contribution in [2.45, 2.75) is 19.2 Å². The molecule has 0 saturated heterocycles. The molecule has 5 nitrogen and oxygen atoms in total. The summed E-state index contributed by atoms with van der Waals surface area (Å²) in [6.07, 6.45) is 1.89. The predicted molar refractivity (Wildman–Crippen MR) is 210 cm³/mol. The summed E-state index contributed by atoms with van der Waals surface area (Å²) < 4.78 is 38.2. The number of benzene rings is 6. The van der Waals surface area contributed by atoms with Gasteiger partial charge in [-0.25, -0.2) is 9.97 Å². The quantitative estimate of drug-likeness (QED) is 0.139. The molecule has 0 radical (unpaired) electrons. The van der Waals surface area contributed by atoms with E-state index in [4.69, 9.17) is 18.8 Å². The molecule has 0 N–H and O–H groups in total. The second kappa shape index (κ2) is 11.1. The van der Waals surface area contributed by atoms with E-state index < -0.39 is 20.3 Å². The molecule has 0 saturated carbocycles. The van der Waals surface area contributed by atoms with Gasteiger partial charge in [-0.15, -0.1) is 0 Å². The molecular formula is C45H34N4OSi. The molecule has 3 aromatic heterocycles. The lowest BCUT2D eigenvalue weighted by Crippen LogP contribution is -2.75. The summed E-state index contributed by atoms with van der Waals surface area (Å²) in [5, 5.41) is 4.31. The Labute approximate surface area is 301 Å². The van der Waals surface area contributed by atoms with Gasteiger partial charge in [0.2, 0.25) is 5.78 Å². The molecule has 51 heavy (non-hydrogen) atoms. The molecule has 0 bridgehead atoms. The number of hydrogen-bond acceptors (Lipinski definition) is 3. The first-order chi connectivity index (χ1) is 26.3. The summed E-state index contributed by atoms with van der Waals surface area (Å²) in [4.78, 5) is 10.2. The average Bonchev–Trinajstić information content (AvgIpc) is 3.74. The van der Waals surface area contributed by atoms with Crippen molar-refractivity contribution in [2.24, 2.45) is 0 Å². The Morgan fingerprint density at radius 3 is 2.04 bits per heavy atom.